The Bertz CT molecular complexity index is 571. The van der Waals surface area contributed by atoms with Crippen LogP contribution in [0.1, 0.15) is 54.1 Å². The van der Waals surface area contributed by atoms with E-state index in [1.54, 1.807) is 4.90 Å². The number of ether oxygens (including phenoxy) is 1. The molecule has 1 saturated heterocycles. The number of piperidine rings is 1. The number of carbonyl (C=O) groups excluding carboxylic acids is 1. The SMILES string of the molecule is CC(C)(C)OC(=O)N1CCC(c2sc(C(=O)O)cc2Cl)CC1. The third kappa shape index (κ3) is 4.14. The van der Waals surface area contributed by atoms with Crippen molar-refractivity contribution in [2.75, 3.05) is 13.1 Å². The molecule has 0 aromatic carbocycles. The predicted molar refractivity (Wildman–Crippen MR) is 86.1 cm³/mol. The van der Waals surface area contributed by atoms with Gasteiger partial charge in [-0.1, -0.05) is 11.6 Å². The Morgan fingerprint density at radius 3 is 2.41 bits per heavy atom. The number of likely N-dealkylation sites (tertiary alicyclic amines) is 1. The number of nitrogens with zero attached hydrogens (tertiary/aromatic N) is 1. The fraction of sp³-hybridized carbons (Fsp3) is 0.600. The molecule has 0 atom stereocenters. The zero-order valence-electron chi connectivity index (χ0n) is 12.9. The second-order valence-corrected chi connectivity index (χ2v) is 7.86. The van der Waals surface area contributed by atoms with Gasteiger partial charge in [0.2, 0.25) is 0 Å². The van der Waals surface area contributed by atoms with E-state index in [4.69, 9.17) is 21.4 Å². The zero-order chi connectivity index (χ0) is 16.5. The van der Waals surface area contributed by atoms with Gasteiger partial charge in [-0.05, 0) is 45.6 Å². The highest BCUT2D eigenvalue weighted by Crippen LogP contribution is 2.38. The Hall–Kier alpha value is -1.27. The van der Waals surface area contributed by atoms with Crippen molar-refractivity contribution >= 4 is 35.0 Å². The number of carboxylic acids is 1. The van der Waals surface area contributed by atoms with E-state index in [0.717, 1.165) is 17.7 Å². The second kappa shape index (κ2) is 6.46. The molecule has 0 radical (unpaired) electrons. The van der Waals surface area contributed by atoms with Crippen molar-refractivity contribution in [3.63, 3.8) is 0 Å². The van der Waals surface area contributed by atoms with E-state index in [2.05, 4.69) is 0 Å². The molecule has 1 aromatic rings. The lowest BCUT2D eigenvalue weighted by molar-refractivity contribution is 0.0205. The Labute approximate surface area is 138 Å². The minimum absolute atomic E-state index is 0.198. The molecule has 0 unspecified atom stereocenters. The second-order valence-electron chi connectivity index (χ2n) is 6.37. The largest absolute Gasteiger partial charge is 0.477 e. The van der Waals surface area contributed by atoms with Gasteiger partial charge in [-0.15, -0.1) is 11.3 Å². The smallest absolute Gasteiger partial charge is 0.410 e. The van der Waals surface area contributed by atoms with Crippen molar-refractivity contribution in [2.24, 2.45) is 0 Å². The van der Waals surface area contributed by atoms with Crippen molar-refractivity contribution in [1.82, 2.24) is 4.90 Å². The minimum Gasteiger partial charge on any atom is -0.477 e. The fourth-order valence-corrected chi connectivity index (χ4v) is 3.92. The molecule has 0 spiro atoms. The first-order valence-corrected chi connectivity index (χ1v) is 8.37. The van der Waals surface area contributed by atoms with Gasteiger partial charge in [0.1, 0.15) is 10.5 Å². The van der Waals surface area contributed by atoms with Crippen molar-refractivity contribution in [2.45, 2.75) is 45.1 Å². The lowest BCUT2D eigenvalue weighted by atomic mass is 9.95. The molecule has 1 amide bonds. The lowest BCUT2D eigenvalue weighted by Crippen LogP contribution is -2.41. The molecule has 1 aliphatic heterocycles. The van der Waals surface area contributed by atoms with Crippen LogP contribution in [0.4, 0.5) is 4.79 Å². The molecule has 5 nitrogen and oxygen atoms in total. The predicted octanol–water partition coefficient (Wildman–Crippen LogP) is 4.21. The molecule has 7 heteroatoms. The highest BCUT2D eigenvalue weighted by molar-refractivity contribution is 7.14. The van der Waals surface area contributed by atoms with Gasteiger partial charge in [-0.25, -0.2) is 9.59 Å². The summed E-state index contributed by atoms with van der Waals surface area (Å²) in [4.78, 5) is 25.9. The fourth-order valence-electron chi connectivity index (χ4n) is 2.42. The molecule has 1 fully saturated rings. The normalized spacial score (nSPS) is 16.6. The van der Waals surface area contributed by atoms with Gasteiger partial charge in [0, 0.05) is 18.0 Å². The number of hydrogen-bond acceptors (Lipinski definition) is 4. The molecular weight excluding hydrogens is 326 g/mol. The zero-order valence-corrected chi connectivity index (χ0v) is 14.5. The maximum atomic E-state index is 12.0. The summed E-state index contributed by atoms with van der Waals surface area (Å²) in [6, 6.07) is 1.50. The van der Waals surface area contributed by atoms with E-state index in [1.807, 2.05) is 20.8 Å². The van der Waals surface area contributed by atoms with Gasteiger partial charge < -0.3 is 14.7 Å². The number of thiophene rings is 1. The van der Waals surface area contributed by atoms with Crippen molar-refractivity contribution in [1.29, 1.82) is 0 Å². The monoisotopic (exact) mass is 345 g/mol. The van der Waals surface area contributed by atoms with E-state index < -0.39 is 11.6 Å². The maximum absolute atomic E-state index is 12.0. The summed E-state index contributed by atoms with van der Waals surface area (Å²) in [6.07, 6.45) is 1.23. The number of carbonyl (C=O) groups is 2. The van der Waals surface area contributed by atoms with Crippen LogP contribution in [-0.2, 0) is 4.74 Å². The van der Waals surface area contributed by atoms with Gasteiger partial charge in [0.15, 0.2) is 0 Å². The van der Waals surface area contributed by atoms with Crippen LogP contribution in [0.15, 0.2) is 6.07 Å². The van der Waals surface area contributed by atoms with E-state index in [-0.39, 0.29) is 16.9 Å². The number of hydrogen-bond donors (Lipinski definition) is 1. The third-order valence-corrected chi connectivity index (χ3v) is 5.15. The van der Waals surface area contributed by atoms with E-state index in [9.17, 15) is 9.59 Å². The van der Waals surface area contributed by atoms with Crippen LogP contribution in [0, 0.1) is 0 Å². The Balaban J connectivity index is 1.97. The van der Waals surface area contributed by atoms with Gasteiger partial charge in [-0.3, -0.25) is 0 Å². The Morgan fingerprint density at radius 1 is 1.36 bits per heavy atom. The molecular formula is C15H20ClNO4S. The molecule has 1 N–H and O–H groups in total. The lowest BCUT2D eigenvalue weighted by Gasteiger charge is -2.33. The Morgan fingerprint density at radius 2 is 1.95 bits per heavy atom. The Kier molecular flexibility index (Phi) is 5.02. The quantitative estimate of drug-likeness (QED) is 0.871. The molecule has 2 rings (SSSR count). The van der Waals surface area contributed by atoms with Crippen molar-refractivity contribution in [3.05, 3.63) is 20.8 Å². The summed E-state index contributed by atoms with van der Waals surface area (Å²) in [5, 5.41) is 9.54. The van der Waals surface area contributed by atoms with Crippen LogP contribution in [0.5, 0.6) is 0 Å². The molecule has 22 heavy (non-hydrogen) atoms. The number of carboxylic acid groups (broad SMARTS) is 1. The number of aromatic carboxylic acids is 1. The van der Waals surface area contributed by atoms with Gasteiger partial charge in [0.05, 0.1) is 5.02 Å². The van der Waals surface area contributed by atoms with Crippen LogP contribution in [0.2, 0.25) is 5.02 Å². The maximum Gasteiger partial charge on any atom is 0.410 e. The summed E-state index contributed by atoms with van der Waals surface area (Å²) in [5.41, 5.74) is -0.499. The van der Waals surface area contributed by atoms with Crippen LogP contribution >= 0.6 is 22.9 Å². The molecule has 0 saturated carbocycles. The summed E-state index contributed by atoms with van der Waals surface area (Å²) in [7, 11) is 0. The van der Waals surface area contributed by atoms with Crippen molar-refractivity contribution < 1.29 is 19.4 Å². The van der Waals surface area contributed by atoms with E-state index in [1.165, 1.54) is 17.4 Å². The summed E-state index contributed by atoms with van der Waals surface area (Å²) in [5.74, 6) is -0.756. The highest BCUT2D eigenvalue weighted by atomic mass is 35.5. The molecule has 0 bridgehead atoms. The number of rotatable bonds is 2. The highest BCUT2D eigenvalue weighted by Gasteiger charge is 2.29. The number of amides is 1. The summed E-state index contributed by atoms with van der Waals surface area (Å²) < 4.78 is 5.36. The van der Waals surface area contributed by atoms with Crippen molar-refractivity contribution in [3.8, 4) is 0 Å². The van der Waals surface area contributed by atoms with Gasteiger partial charge in [-0.2, -0.15) is 0 Å². The van der Waals surface area contributed by atoms with Gasteiger partial charge in [0.25, 0.3) is 0 Å². The minimum atomic E-state index is -0.954. The standard InChI is InChI=1S/C15H20ClNO4S/c1-15(2,3)21-14(20)17-6-4-9(5-7-17)12-10(16)8-11(22-12)13(18)19/h8-9H,4-7H2,1-3H3,(H,18,19). The first kappa shape index (κ1) is 17.1. The van der Waals surface area contributed by atoms with Crippen LogP contribution in [0.25, 0.3) is 0 Å². The van der Waals surface area contributed by atoms with E-state index >= 15 is 0 Å². The molecule has 1 aromatic heterocycles. The summed E-state index contributed by atoms with van der Waals surface area (Å²) in [6.45, 7) is 6.72. The van der Waals surface area contributed by atoms with Gasteiger partial charge >= 0.3 is 12.1 Å². The third-order valence-electron chi connectivity index (χ3n) is 3.44. The van der Waals surface area contributed by atoms with E-state index in [0.29, 0.717) is 18.1 Å². The van der Waals surface area contributed by atoms with Crippen LogP contribution in [-0.4, -0.2) is 40.8 Å². The molecule has 1 aliphatic rings. The van der Waals surface area contributed by atoms with Crippen LogP contribution in [0.3, 0.4) is 0 Å². The molecule has 2 heterocycles. The first-order chi connectivity index (χ1) is 10.2. The van der Waals surface area contributed by atoms with Crippen LogP contribution < -0.4 is 0 Å². The average molecular weight is 346 g/mol. The average Bonchev–Trinajstić information content (AvgIpc) is 2.79. The topological polar surface area (TPSA) is 66.8 Å². The molecule has 122 valence electrons. The first-order valence-electron chi connectivity index (χ1n) is 7.18. The summed E-state index contributed by atoms with van der Waals surface area (Å²) >= 11 is 7.38. The number of halogens is 1. The molecule has 0 aliphatic carbocycles.